The second kappa shape index (κ2) is 5.09. The molecular weight excluding hydrogens is 260 g/mol. The van der Waals surface area contributed by atoms with Crippen LogP contribution >= 0.6 is 0 Å². The fraction of sp³-hybridized carbons (Fsp3) is 0.895. The lowest BCUT2D eigenvalue weighted by Crippen LogP contribution is -2.58. The third-order valence-corrected chi connectivity index (χ3v) is 6.82. The van der Waals surface area contributed by atoms with Crippen LogP contribution in [0.25, 0.3) is 0 Å². The van der Waals surface area contributed by atoms with Gasteiger partial charge in [0.05, 0.1) is 11.2 Å². The summed E-state index contributed by atoms with van der Waals surface area (Å²) in [5.41, 5.74) is -1.15. The van der Waals surface area contributed by atoms with Crippen LogP contribution in [0.2, 0.25) is 0 Å². The first kappa shape index (κ1) is 17.0. The Hall–Kier alpha value is -0.340. The van der Waals surface area contributed by atoms with E-state index < -0.39 is 11.2 Å². The van der Waals surface area contributed by atoms with Crippen LogP contribution in [-0.2, 0) is 0 Å². The van der Waals surface area contributed by atoms with E-state index in [-0.39, 0.29) is 11.3 Å². The van der Waals surface area contributed by atoms with Gasteiger partial charge in [0.25, 0.3) is 0 Å². The third-order valence-electron chi connectivity index (χ3n) is 6.82. The molecule has 0 radical (unpaired) electrons. The zero-order chi connectivity index (χ0) is 16.1. The number of hydrogen-bond donors (Lipinski definition) is 2. The molecule has 0 aromatic heterocycles. The van der Waals surface area contributed by atoms with E-state index in [9.17, 15) is 10.2 Å². The summed E-state index contributed by atoms with van der Waals surface area (Å²) in [4.78, 5) is 0. The molecule has 2 saturated carbocycles. The van der Waals surface area contributed by atoms with Gasteiger partial charge in [0.2, 0.25) is 0 Å². The van der Waals surface area contributed by atoms with Crippen LogP contribution < -0.4 is 0 Å². The number of aliphatic hydroxyl groups is 2. The van der Waals surface area contributed by atoms with Gasteiger partial charge in [0.1, 0.15) is 0 Å². The minimum absolute atomic E-state index is 0.108. The maximum atomic E-state index is 11.0. The van der Waals surface area contributed by atoms with Crippen LogP contribution in [0.15, 0.2) is 12.7 Å². The molecule has 0 bridgehead atoms. The molecule has 0 aromatic rings. The van der Waals surface area contributed by atoms with Gasteiger partial charge in [-0.05, 0) is 68.6 Å². The molecule has 122 valence electrons. The standard InChI is InChI=1S/C19H34O2/c1-7-17(4,20)13-15-18(5)11-8-10-16(2,3)14(18)9-12-19(15,6)21/h7,14-15,20-21H,1,8-13H2,2-6H3/t14-,15+,17+,18-,19+/m1/s1. The van der Waals surface area contributed by atoms with E-state index in [0.717, 1.165) is 19.3 Å². The summed E-state index contributed by atoms with van der Waals surface area (Å²) in [7, 11) is 0. The molecule has 0 unspecified atom stereocenters. The lowest BCUT2D eigenvalue weighted by molar-refractivity contribution is -0.180. The van der Waals surface area contributed by atoms with Crippen LogP contribution in [0.5, 0.6) is 0 Å². The predicted molar refractivity (Wildman–Crippen MR) is 88.0 cm³/mol. The van der Waals surface area contributed by atoms with Crippen molar-refractivity contribution in [3.05, 3.63) is 12.7 Å². The Morgan fingerprint density at radius 1 is 1.19 bits per heavy atom. The Morgan fingerprint density at radius 3 is 2.38 bits per heavy atom. The van der Waals surface area contributed by atoms with Gasteiger partial charge in [-0.25, -0.2) is 0 Å². The van der Waals surface area contributed by atoms with Crippen LogP contribution in [0.3, 0.4) is 0 Å². The Bertz CT molecular complexity index is 408. The van der Waals surface area contributed by atoms with Gasteiger partial charge in [0.15, 0.2) is 0 Å². The molecule has 0 saturated heterocycles. The maximum Gasteiger partial charge on any atom is 0.0801 e. The van der Waals surface area contributed by atoms with Gasteiger partial charge >= 0.3 is 0 Å². The van der Waals surface area contributed by atoms with Gasteiger partial charge in [-0.1, -0.05) is 33.3 Å². The minimum atomic E-state index is -0.902. The second-order valence-corrected chi connectivity index (χ2v) is 9.11. The van der Waals surface area contributed by atoms with Gasteiger partial charge in [-0.2, -0.15) is 0 Å². The van der Waals surface area contributed by atoms with Gasteiger partial charge in [0, 0.05) is 0 Å². The van der Waals surface area contributed by atoms with E-state index in [0.29, 0.717) is 17.8 Å². The zero-order valence-electron chi connectivity index (χ0n) is 14.6. The molecule has 2 aliphatic carbocycles. The van der Waals surface area contributed by atoms with Gasteiger partial charge < -0.3 is 10.2 Å². The fourth-order valence-corrected chi connectivity index (χ4v) is 5.57. The van der Waals surface area contributed by atoms with Crippen LogP contribution in [0, 0.1) is 22.7 Å². The summed E-state index contributed by atoms with van der Waals surface area (Å²) >= 11 is 0. The second-order valence-electron chi connectivity index (χ2n) is 9.11. The van der Waals surface area contributed by atoms with Gasteiger partial charge in [-0.15, -0.1) is 6.58 Å². The van der Waals surface area contributed by atoms with Crippen molar-refractivity contribution < 1.29 is 10.2 Å². The van der Waals surface area contributed by atoms with Crippen molar-refractivity contribution >= 4 is 0 Å². The largest absolute Gasteiger partial charge is 0.390 e. The molecule has 0 heterocycles. The molecule has 2 fully saturated rings. The van der Waals surface area contributed by atoms with Crippen molar-refractivity contribution in [1.29, 1.82) is 0 Å². The Labute approximate surface area is 130 Å². The van der Waals surface area contributed by atoms with Crippen LogP contribution in [0.4, 0.5) is 0 Å². The molecule has 0 amide bonds. The summed E-state index contributed by atoms with van der Waals surface area (Å²) < 4.78 is 0. The molecule has 0 aliphatic heterocycles. The average molecular weight is 294 g/mol. The quantitative estimate of drug-likeness (QED) is 0.762. The molecule has 5 atom stereocenters. The summed E-state index contributed by atoms with van der Waals surface area (Å²) in [6.45, 7) is 14.7. The molecule has 2 nitrogen and oxygen atoms in total. The minimum Gasteiger partial charge on any atom is -0.390 e. The molecule has 2 heteroatoms. The highest BCUT2D eigenvalue weighted by molar-refractivity contribution is 5.10. The van der Waals surface area contributed by atoms with Crippen molar-refractivity contribution in [1.82, 2.24) is 0 Å². The van der Waals surface area contributed by atoms with Crippen molar-refractivity contribution in [3.8, 4) is 0 Å². The summed E-state index contributed by atoms with van der Waals surface area (Å²) in [5, 5.41) is 21.5. The molecule has 2 aliphatic rings. The molecule has 2 N–H and O–H groups in total. The van der Waals surface area contributed by atoms with Crippen molar-refractivity contribution in [2.24, 2.45) is 22.7 Å². The molecule has 2 rings (SSSR count). The topological polar surface area (TPSA) is 40.5 Å². The maximum absolute atomic E-state index is 11.0. The first-order valence-corrected chi connectivity index (χ1v) is 8.53. The number of hydrogen-bond acceptors (Lipinski definition) is 2. The van der Waals surface area contributed by atoms with Crippen molar-refractivity contribution in [2.45, 2.75) is 84.3 Å². The van der Waals surface area contributed by atoms with E-state index >= 15 is 0 Å². The third kappa shape index (κ3) is 2.94. The summed E-state index contributed by atoms with van der Waals surface area (Å²) in [5.74, 6) is 0.751. The first-order valence-electron chi connectivity index (χ1n) is 8.53. The molecule has 21 heavy (non-hydrogen) atoms. The lowest BCUT2D eigenvalue weighted by atomic mass is 9.44. The van der Waals surface area contributed by atoms with Crippen molar-refractivity contribution in [2.75, 3.05) is 0 Å². The highest BCUT2D eigenvalue weighted by atomic mass is 16.3. The Kier molecular flexibility index (Phi) is 4.13. The number of fused-ring (bicyclic) bond motifs is 1. The SMILES string of the molecule is C=C[C@](C)(O)C[C@H]1[C@]2(C)CCCC(C)(C)[C@H]2CC[C@]1(C)O. The lowest BCUT2D eigenvalue weighted by Gasteiger charge is -2.62. The first-order chi connectivity index (χ1) is 9.45. The van der Waals surface area contributed by atoms with Crippen LogP contribution in [0.1, 0.15) is 73.1 Å². The Morgan fingerprint density at radius 2 is 1.81 bits per heavy atom. The van der Waals surface area contributed by atoms with Gasteiger partial charge in [-0.3, -0.25) is 0 Å². The predicted octanol–water partition coefficient (Wildman–Crippen LogP) is 4.31. The average Bonchev–Trinajstić information content (AvgIpc) is 2.33. The smallest absolute Gasteiger partial charge is 0.0801 e. The Balaban J connectivity index is 2.39. The highest BCUT2D eigenvalue weighted by Crippen LogP contribution is 2.63. The monoisotopic (exact) mass is 294 g/mol. The van der Waals surface area contributed by atoms with E-state index in [1.165, 1.54) is 12.8 Å². The highest BCUT2D eigenvalue weighted by Gasteiger charge is 2.58. The summed E-state index contributed by atoms with van der Waals surface area (Å²) in [6, 6.07) is 0. The van der Waals surface area contributed by atoms with Crippen molar-refractivity contribution in [3.63, 3.8) is 0 Å². The van der Waals surface area contributed by atoms with E-state index in [1.807, 2.05) is 13.8 Å². The normalized spacial score (nSPS) is 45.5. The molecular formula is C19H34O2. The van der Waals surface area contributed by atoms with E-state index in [2.05, 4.69) is 27.4 Å². The molecule has 0 aromatic carbocycles. The van der Waals surface area contributed by atoms with Crippen LogP contribution in [-0.4, -0.2) is 21.4 Å². The summed E-state index contributed by atoms with van der Waals surface area (Å²) in [6.07, 6.45) is 7.84. The van der Waals surface area contributed by atoms with E-state index in [4.69, 9.17) is 0 Å². The number of rotatable bonds is 3. The molecule has 0 spiro atoms. The van der Waals surface area contributed by atoms with E-state index in [1.54, 1.807) is 6.08 Å². The zero-order valence-corrected chi connectivity index (χ0v) is 14.6. The fourth-order valence-electron chi connectivity index (χ4n) is 5.57.